The number of pyridine rings is 1. The summed E-state index contributed by atoms with van der Waals surface area (Å²) in [5, 5.41) is 14.3. The molecule has 1 heterocycles. The third kappa shape index (κ3) is 2.09. The molecule has 2 fully saturated rings. The van der Waals surface area contributed by atoms with Gasteiger partial charge in [-0.15, -0.1) is 0 Å². The van der Waals surface area contributed by atoms with Crippen molar-refractivity contribution in [2.24, 2.45) is 11.8 Å². The topological polar surface area (TPSA) is 68.1 Å². The first-order valence-electron chi connectivity index (χ1n) is 6.20. The van der Waals surface area contributed by atoms with Gasteiger partial charge in [-0.05, 0) is 47.0 Å². The van der Waals surface area contributed by atoms with Crippen molar-refractivity contribution in [1.82, 2.24) is 4.98 Å². The van der Waals surface area contributed by atoms with Crippen LogP contribution in [0.3, 0.4) is 0 Å². The fourth-order valence-corrected chi connectivity index (χ4v) is 3.60. The highest BCUT2D eigenvalue weighted by Gasteiger charge is 2.40. The van der Waals surface area contributed by atoms with E-state index in [1.807, 2.05) is 0 Å². The number of rotatable bonds is 3. The van der Waals surface area contributed by atoms with Gasteiger partial charge in [0.05, 0.1) is 4.92 Å². The number of anilines is 1. The van der Waals surface area contributed by atoms with Gasteiger partial charge in [0.1, 0.15) is 0 Å². The standard InChI is InChI=1S/C12H14BrN3O2/c13-9-5-11(16(17)18)12(14-6-9)15-10-4-7-1-2-8(10)3-7/h5-8,10H,1-4H2,(H,14,15). The summed E-state index contributed by atoms with van der Waals surface area (Å²) >= 11 is 3.22. The van der Waals surface area contributed by atoms with Crippen molar-refractivity contribution in [1.29, 1.82) is 0 Å². The van der Waals surface area contributed by atoms with E-state index in [0.29, 0.717) is 22.3 Å². The third-order valence-electron chi connectivity index (χ3n) is 4.09. The molecule has 2 aliphatic rings. The molecule has 2 saturated carbocycles. The highest BCUT2D eigenvalue weighted by molar-refractivity contribution is 9.10. The normalized spacial score (nSPS) is 29.5. The van der Waals surface area contributed by atoms with Crippen LogP contribution in [0, 0.1) is 22.0 Å². The fourth-order valence-electron chi connectivity index (χ4n) is 3.28. The van der Waals surface area contributed by atoms with Crippen molar-refractivity contribution in [2.75, 3.05) is 5.32 Å². The molecule has 1 aromatic heterocycles. The quantitative estimate of drug-likeness (QED) is 0.686. The number of aromatic nitrogens is 1. The van der Waals surface area contributed by atoms with Crippen molar-refractivity contribution in [3.05, 3.63) is 26.9 Å². The summed E-state index contributed by atoms with van der Waals surface area (Å²) in [7, 11) is 0. The Hall–Kier alpha value is -1.17. The summed E-state index contributed by atoms with van der Waals surface area (Å²) in [6, 6.07) is 1.86. The molecule has 0 saturated heterocycles. The van der Waals surface area contributed by atoms with Gasteiger partial charge >= 0.3 is 5.69 Å². The van der Waals surface area contributed by atoms with Crippen LogP contribution in [-0.2, 0) is 0 Å². The van der Waals surface area contributed by atoms with Gasteiger partial charge in [-0.25, -0.2) is 4.98 Å². The molecule has 2 bridgehead atoms. The van der Waals surface area contributed by atoms with Gasteiger partial charge in [0.25, 0.3) is 0 Å². The number of fused-ring (bicyclic) bond motifs is 2. The van der Waals surface area contributed by atoms with Crippen molar-refractivity contribution in [3.8, 4) is 0 Å². The molecule has 18 heavy (non-hydrogen) atoms. The van der Waals surface area contributed by atoms with E-state index in [0.717, 1.165) is 12.3 Å². The van der Waals surface area contributed by atoms with Crippen LogP contribution in [0.2, 0.25) is 0 Å². The Labute approximate surface area is 113 Å². The Morgan fingerprint density at radius 2 is 2.28 bits per heavy atom. The van der Waals surface area contributed by atoms with Crippen molar-refractivity contribution in [2.45, 2.75) is 31.7 Å². The van der Waals surface area contributed by atoms with Crippen LogP contribution in [0.25, 0.3) is 0 Å². The average Bonchev–Trinajstić information content (AvgIpc) is 2.93. The molecule has 1 N–H and O–H groups in total. The first kappa shape index (κ1) is 11.9. The van der Waals surface area contributed by atoms with Gasteiger partial charge in [0, 0.05) is 22.8 Å². The van der Waals surface area contributed by atoms with E-state index in [1.54, 1.807) is 6.20 Å². The maximum atomic E-state index is 11.0. The molecule has 5 nitrogen and oxygen atoms in total. The second-order valence-corrected chi connectivity index (χ2v) is 6.12. The van der Waals surface area contributed by atoms with Crippen LogP contribution in [0.4, 0.5) is 11.5 Å². The maximum absolute atomic E-state index is 11.0. The fraction of sp³-hybridized carbons (Fsp3) is 0.583. The molecule has 3 atom stereocenters. The summed E-state index contributed by atoms with van der Waals surface area (Å²) in [5.74, 6) is 1.88. The van der Waals surface area contributed by atoms with Crippen molar-refractivity contribution < 1.29 is 4.92 Å². The molecule has 0 radical (unpaired) electrons. The zero-order chi connectivity index (χ0) is 12.7. The molecule has 96 valence electrons. The lowest BCUT2D eigenvalue weighted by atomic mass is 9.95. The Balaban J connectivity index is 1.82. The molecule has 2 aliphatic carbocycles. The Morgan fingerprint density at radius 1 is 1.44 bits per heavy atom. The van der Waals surface area contributed by atoms with E-state index < -0.39 is 0 Å². The van der Waals surface area contributed by atoms with Gasteiger partial charge < -0.3 is 5.32 Å². The van der Waals surface area contributed by atoms with E-state index in [4.69, 9.17) is 0 Å². The molecular formula is C12H14BrN3O2. The van der Waals surface area contributed by atoms with Crippen molar-refractivity contribution >= 4 is 27.4 Å². The number of nitro groups is 1. The van der Waals surface area contributed by atoms with E-state index in [2.05, 4.69) is 26.2 Å². The predicted octanol–water partition coefficient (Wildman–Crippen LogP) is 3.35. The molecule has 3 rings (SSSR count). The SMILES string of the molecule is O=[N+]([O-])c1cc(Br)cnc1NC1CC2CCC1C2. The minimum atomic E-state index is -0.382. The highest BCUT2D eigenvalue weighted by atomic mass is 79.9. The molecule has 1 aromatic rings. The lowest BCUT2D eigenvalue weighted by Gasteiger charge is -2.23. The number of hydrogen-bond donors (Lipinski definition) is 1. The molecule has 0 aliphatic heterocycles. The van der Waals surface area contributed by atoms with Gasteiger partial charge in [0.15, 0.2) is 0 Å². The second kappa shape index (κ2) is 4.50. The Bertz CT molecular complexity index is 494. The predicted molar refractivity (Wildman–Crippen MR) is 71.5 cm³/mol. The summed E-state index contributed by atoms with van der Waals surface area (Å²) in [6.07, 6.45) is 6.55. The molecule has 6 heteroatoms. The summed E-state index contributed by atoms with van der Waals surface area (Å²) in [4.78, 5) is 14.8. The molecular weight excluding hydrogens is 298 g/mol. The number of halogens is 1. The Morgan fingerprint density at radius 3 is 2.89 bits per heavy atom. The highest BCUT2D eigenvalue weighted by Crippen LogP contribution is 2.46. The second-order valence-electron chi connectivity index (χ2n) is 5.20. The average molecular weight is 312 g/mol. The summed E-state index contributed by atoms with van der Waals surface area (Å²) in [6.45, 7) is 0. The Kier molecular flexibility index (Phi) is 2.97. The molecule has 0 amide bonds. The van der Waals surface area contributed by atoms with Gasteiger partial charge in [-0.2, -0.15) is 0 Å². The first-order valence-corrected chi connectivity index (χ1v) is 6.99. The maximum Gasteiger partial charge on any atom is 0.312 e. The van der Waals surface area contributed by atoms with E-state index in [1.165, 1.54) is 25.3 Å². The van der Waals surface area contributed by atoms with Gasteiger partial charge in [-0.3, -0.25) is 10.1 Å². The van der Waals surface area contributed by atoms with Crippen molar-refractivity contribution in [3.63, 3.8) is 0 Å². The van der Waals surface area contributed by atoms with Gasteiger partial charge in [0.2, 0.25) is 5.82 Å². The smallest absolute Gasteiger partial charge is 0.312 e. The molecule has 0 aromatic carbocycles. The van der Waals surface area contributed by atoms with Crippen LogP contribution in [0.5, 0.6) is 0 Å². The van der Waals surface area contributed by atoms with Crippen LogP contribution < -0.4 is 5.32 Å². The first-order chi connectivity index (χ1) is 8.63. The lowest BCUT2D eigenvalue weighted by molar-refractivity contribution is -0.384. The van der Waals surface area contributed by atoms with E-state index >= 15 is 0 Å². The van der Waals surface area contributed by atoms with Crippen LogP contribution in [0.15, 0.2) is 16.7 Å². The minimum Gasteiger partial charge on any atom is -0.361 e. The van der Waals surface area contributed by atoms with E-state index in [9.17, 15) is 10.1 Å². The summed E-state index contributed by atoms with van der Waals surface area (Å²) < 4.78 is 0.632. The summed E-state index contributed by atoms with van der Waals surface area (Å²) in [5.41, 5.74) is 0.0483. The largest absolute Gasteiger partial charge is 0.361 e. The van der Waals surface area contributed by atoms with Crippen LogP contribution >= 0.6 is 15.9 Å². The van der Waals surface area contributed by atoms with Crippen LogP contribution in [0.1, 0.15) is 25.7 Å². The zero-order valence-corrected chi connectivity index (χ0v) is 11.4. The molecule has 0 spiro atoms. The number of nitrogens with one attached hydrogen (secondary N) is 1. The lowest BCUT2D eigenvalue weighted by Crippen LogP contribution is -2.26. The zero-order valence-electron chi connectivity index (χ0n) is 9.80. The number of nitrogens with zero attached hydrogens (tertiary/aromatic N) is 2. The third-order valence-corrected chi connectivity index (χ3v) is 4.52. The monoisotopic (exact) mass is 311 g/mol. The molecule has 3 unspecified atom stereocenters. The minimum absolute atomic E-state index is 0.0483. The van der Waals surface area contributed by atoms with Gasteiger partial charge in [-0.1, -0.05) is 6.42 Å². The van der Waals surface area contributed by atoms with Crippen LogP contribution in [-0.4, -0.2) is 15.9 Å². The number of hydrogen-bond acceptors (Lipinski definition) is 4. The van der Waals surface area contributed by atoms with E-state index in [-0.39, 0.29) is 10.6 Å².